The first-order valence-electron chi connectivity index (χ1n) is 7.90. The number of rotatable bonds is 5. The van der Waals surface area contributed by atoms with Gasteiger partial charge in [0, 0.05) is 0 Å². The lowest BCUT2D eigenvalue weighted by Gasteiger charge is -2.26. The molecule has 0 unspecified atom stereocenters. The lowest BCUT2D eigenvalue weighted by molar-refractivity contribution is 0.00670. The second-order valence-corrected chi connectivity index (χ2v) is 6.68. The van der Waals surface area contributed by atoms with Crippen LogP contribution in [0.3, 0.4) is 0 Å². The van der Waals surface area contributed by atoms with Gasteiger partial charge in [-0.05, 0) is 61.3 Å². The van der Waals surface area contributed by atoms with Crippen molar-refractivity contribution in [2.75, 3.05) is 0 Å². The number of carbonyl (C=O) groups excluding carboxylic acids is 1. The Balaban J connectivity index is 2.12. The smallest absolute Gasteiger partial charge is 0.338 e. The fourth-order valence-electron chi connectivity index (χ4n) is 2.83. The molecule has 0 heterocycles. The Hall–Kier alpha value is -1.57. The molecule has 1 fully saturated rings. The first kappa shape index (κ1) is 15.8. The predicted octanol–water partition coefficient (Wildman–Crippen LogP) is 5.03. The van der Waals surface area contributed by atoms with Gasteiger partial charge in [-0.25, -0.2) is 4.79 Å². The molecule has 0 spiro atoms. The number of benzene rings is 1. The topological polar surface area (TPSA) is 26.3 Å². The van der Waals surface area contributed by atoms with Gasteiger partial charge in [0.1, 0.15) is 5.60 Å². The molecule has 0 aliphatic heterocycles. The Morgan fingerprint density at radius 3 is 2.33 bits per heavy atom. The Bertz CT molecular complexity index is 505. The van der Waals surface area contributed by atoms with Crippen molar-refractivity contribution in [2.45, 2.75) is 63.9 Å². The van der Waals surface area contributed by atoms with Gasteiger partial charge < -0.3 is 4.74 Å². The van der Waals surface area contributed by atoms with E-state index in [1.165, 1.54) is 5.56 Å². The third-order valence-corrected chi connectivity index (χ3v) is 4.90. The summed E-state index contributed by atoms with van der Waals surface area (Å²) in [6, 6.07) is 7.83. The van der Waals surface area contributed by atoms with Crippen molar-refractivity contribution in [1.82, 2.24) is 0 Å². The number of carbonyl (C=O) groups is 1. The number of hydrogen-bond donors (Lipinski definition) is 0. The Labute approximate surface area is 128 Å². The monoisotopic (exact) mass is 286 g/mol. The third kappa shape index (κ3) is 3.37. The third-order valence-electron chi connectivity index (χ3n) is 4.90. The average Bonchev–Trinajstić information content (AvgIpc) is 2.96. The van der Waals surface area contributed by atoms with Crippen molar-refractivity contribution in [3.63, 3.8) is 0 Å². The molecular formula is C19H26O2. The molecule has 0 radical (unpaired) electrons. The minimum absolute atomic E-state index is 0.135. The fourth-order valence-corrected chi connectivity index (χ4v) is 2.83. The van der Waals surface area contributed by atoms with Crippen LogP contribution in [0.4, 0.5) is 0 Å². The zero-order valence-electron chi connectivity index (χ0n) is 13.4. The predicted molar refractivity (Wildman–Crippen MR) is 86.6 cm³/mol. The van der Waals surface area contributed by atoms with Crippen LogP contribution in [0, 0.1) is 0 Å². The molecular weight excluding hydrogens is 260 g/mol. The van der Waals surface area contributed by atoms with E-state index < -0.39 is 5.60 Å². The normalized spacial score (nSPS) is 17.5. The maximum absolute atomic E-state index is 12.3. The minimum atomic E-state index is -0.446. The van der Waals surface area contributed by atoms with Crippen LogP contribution in [0.1, 0.15) is 68.8 Å². The molecule has 0 bridgehead atoms. The standard InChI is InChI=1S/C19H26O2/c1-5-18(3,4)16-11-9-15(10-12-16)17(20)21-19(6-2)13-7-8-14-19/h6,9-12H,2,5,7-8,13-14H2,1,3-4H3. The molecule has 0 saturated heterocycles. The highest BCUT2D eigenvalue weighted by molar-refractivity contribution is 5.89. The lowest BCUT2D eigenvalue weighted by Crippen LogP contribution is -2.29. The van der Waals surface area contributed by atoms with Gasteiger partial charge in [0.25, 0.3) is 0 Å². The zero-order chi connectivity index (χ0) is 15.5. The molecule has 1 saturated carbocycles. The average molecular weight is 286 g/mol. The molecule has 21 heavy (non-hydrogen) atoms. The molecule has 0 amide bonds. The SMILES string of the molecule is C=CC1(OC(=O)c2ccc(C(C)(C)CC)cc2)CCCC1. The summed E-state index contributed by atoms with van der Waals surface area (Å²) in [6.07, 6.45) is 6.85. The first-order chi connectivity index (χ1) is 9.92. The van der Waals surface area contributed by atoms with Crippen molar-refractivity contribution in [2.24, 2.45) is 0 Å². The van der Waals surface area contributed by atoms with E-state index in [1.54, 1.807) is 6.08 Å². The summed E-state index contributed by atoms with van der Waals surface area (Å²) in [6.45, 7) is 10.4. The van der Waals surface area contributed by atoms with E-state index in [1.807, 2.05) is 24.3 Å². The van der Waals surface area contributed by atoms with Gasteiger partial charge in [0.15, 0.2) is 0 Å². The molecule has 0 atom stereocenters. The van der Waals surface area contributed by atoms with E-state index in [2.05, 4.69) is 27.4 Å². The maximum atomic E-state index is 12.3. The van der Waals surface area contributed by atoms with Crippen molar-refractivity contribution in [3.8, 4) is 0 Å². The van der Waals surface area contributed by atoms with Gasteiger partial charge in [-0.1, -0.05) is 39.5 Å². The highest BCUT2D eigenvalue weighted by Crippen LogP contribution is 2.35. The van der Waals surface area contributed by atoms with Crippen molar-refractivity contribution in [1.29, 1.82) is 0 Å². The fraction of sp³-hybridized carbons (Fsp3) is 0.526. The van der Waals surface area contributed by atoms with Gasteiger partial charge in [-0.2, -0.15) is 0 Å². The van der Waals surface area contributed by atoms with Gasteiger partial charge in [-0.15, -0.1) is 0 Å². The van der Waals surface area contributed by atoms with E-state index in [9.17, 15) is 4.79 Å². The summed E-state index contributed by atoms with van der Waals surface area (Å²) in [4.78, 5) is 12.3. The molecule has 1 aromatic rings. The molecule has 2 heteroatoms. The molecule has 0 N–H and O–H groups in total. The molecule has 114 valence electrons. The maximum Gasteiger partial charge on any atom is 0.338 e. The molecule has 1 aliphatic rings. The summed E-state index contributed by atoms with van der Waals surface area (Å²) in [7, 11) is 0. The molecule has 2 rings (SSSR count). The zero-order valence-corrected chi connectivity index (χ0v) is 13.4. The van der Waals surface area contributed by atoms with Crippen LogP contribution in [0.2, 0.25) is 0 Å². The number of hydrogen-bond acceptors (Lipinski definition) is 2. The van der Waals surface area contributed by atoms with Crippen LogP contribution >= 0.6 is 0 Å². The quantitative estimate of drug-likeness (QED) is 0.560. The van der Waals surface area contributed by atoms with Gasteiger partial charge in [0.05, 0.1) is 5.56 Å². The molecule has 1 aliphatic carbocycles. The molecule has 0 aromatic heterocycles. The van der Waals surface area contributed by atoms with Crippen LogP contribution in [0.5, 0.6) is 0 Å². The van der Waals surface area contributed by atoms with Crippen LogP contribution in [-0.2, 0) is 10.2 Å². The van der Waals surface area contributed by atoms with E-state index in [0.29, 0.717) is 5.56 Å². The molecule has 1 aromatic carbocycles. The van der Waals surface area contributed by atoms with Crippen LogP contribution in [0.15, 0.2) is 36.9 Å². The Morgan fingerprint density at radius 1 is 1.29 bits per heavy atom. The second kappa shape index (κ2) is 6.05. The summed E-state index contributed by atoms with van der Waals surface area (Å²) in [5.74, 6) is -0.238. The summed E-state index contributed by atoms with van der Waals surface area (Å²) in [5, 5.41) is 0. The van der Waals surface area contributed by atoms with Gasteiger partial charge in [0.2, 0.25) is 0 Å². The van der Waals surface area contributed by atoms with Crippen molar-refractivity contribution >= 4 is 5.97 Å². The van der Waals surface area contributed by atoms with E-state index in [-0.39, 0.29) is 11.4 Å². The first-order valence-corrected chi connectivity index (χ1v) is 7.90. The van der Waals surface area contributed by atoms with E-state index >= 15 is 0 Å². The Kier molecular flexibility index (Phi) is 4.55. The van der Waals surface area contributed by atoms with Gasteiger partial charge >= 0.3 is 5.97 Å². The summed E-state index contributed by atoms with van der Waals surface area (Å²) in [5.41, 5.74) is 1.56. The summed E-state index contributed by atoms with van der Waals surface area (Å²) < 4.78 is 5.73. The van der Waals surface area contributed by atoms with Gasteiger partial charge in [-0.3, -0.25) is 0 Å². The van der Waals surface area contributed by atoms with Crippen molar-refractivity contribution < 1.29 is 9.53 Å². The largest absolute Gasteiger partial charge is 0.451 e. The second-order valence-electron chi connectivity index (χ2n) is 6.68. The van der Waals surface area contributed by atoms with E-state index in [0.717, 1.165) is 32.1 Å². The van der Waals surface area contributed by atoms with Crippen LogP contribution in [0.25, 0.3) is 0 Å². The van der Waals surface area contributed by atoms with E-state index in [4.69, 9.17) is 4.74 Å². The highest BCUT2D eigenvalue weighted by atomic mass is 16.6. The Morgan fingerprint density at radius 2 is 1.86 bits per heavy atom. The van der Waals surface area contributed by atoms with Crippen molar-refractivity contribution in [3.05, 3.63) is 48.0 Å². The number of ether oxygens (including phenoxy) is 1. The van der Waals surface area contributed by atoms with Crippen LogP contribution in [-0.4, -0.2) is 11.6 Å². The number of esters is 1. The molecule has 2 nitrogen and oxygen atoms in total. The summed E-state index contributed by atoms with van der Waals surface area (Å²) >= 11 is 0. The van der Waals surface area contributed by atoms with Crippen LogP contribution < -0.4 is 0 Å². The lowest BCUT2D eigenvalue weighted by atomic mass is 9.82. The minimum Gasteiger partial charge on any atom is -0.451 e. The highest BCUT2D eigenvalue weighted by Gasteiger charge is 2.34.